The molecule has 0 aliphatic rings. The maximum atomic E-state index is 12.9. The van der Waals surface area contributed by atoms with Gasteiger partial charge in [-0.15, -0.1) is 0 Å². The predicted octanol–water partition coefficient (Wildman–Crippen LogP) is 5.66. The van der Waals surface area contributed by atoms with Crippen LogP contribution in [0.25, 0.3) is 0 Å². The highest BCUT2D eigenvalue weighted by molar-refractivity contribution is 7.91. The van der Waals surface area contributed by atoms with E-state index >= 15 is 0 Å². The molecule has 0 heterocycles. The van der Waals surface area contributed by atoms with E-state index in [1.54, 1.807) is 48.5 Å². The summed E-state index contributed by atoms with van der Waals surface area (Å²) in [5.41, 5.74) is 2.88. The molecule has 36 heavy (non-hydrogen) atoms. The number of aliphatic hydroxyl groups is 1. The molecule has 0 aliphatic carbocycles. The number of nitrogens with zero attached hydrogens (tertiary/aromatic N) is 1. The Balaban J connectivity index is 1.47. The Morgan fingerprint density at radius 3 is 2.19 bits per heavy atom. The van der Waals surface area contributed by atoms with Gasteiger partial charge < -0.3 is 10.2 Å². The zero-order valence-corrected chi connectivity index (χ0v) is 21.2. The molecule has 0 radical (unpaired) electrons. The second-order valence-corrected chi connectivity index (χ2v) is 11.0. The highest BCUT2D eigenvalue weighted by Crippen LogP contribution is 2.28. The molecule has 5 nitrogen and oxygen atoms in total. The molecule has 0 amide bonds. The largest absolute Gasteiger partial charge is 0.507 e. The van der Waals surface area contributed by atoms with E-state index in [2.05, 4.69) is 17.0 Å². The van der Waals surface area contributed by atoms with E-state index in [1.165, 1.54) is 12.1 Å². The number of sulfone groups is 1. The van der Waals surface area contributed by atoms with Crippen LogP contribution in [0.2, 0.25) is 5.02 Å². The summed E-state index contributed by atoms with van der Waals surface area (Å²) >= 11 is 6.11. The van der Waals surface area contributed by atoms with Crippen molar-refractivity contribution in [1.82, 2.24) is 4.90 Å². The number of benzene rings is 4. The van der Waals surface area contributed by atoms with Crippen molar-refractivity contribution in [3.63, 3.8) is 0 Å². The Hall–Kier alpha value is -3.16. The minimum absolute atomic E-state index is 0.109. The van der Waals surface area contributed by atoms with Crippen LogP contribution in [0.15, 0.2) is 113 Å². The Morgan fingerprint density at radius 1 is 0.806 bits per heavy atom. The smallest absolute Gasteiger partial charge is 0.210 e. The van der Waals surface area contributed by atoms with E-state index < -0.39 is 15.9 Å². The molecule has 0 bridgehead atoms. The summed E-state index contributed by atoms with van der Waals surface area (Å²) < 4.78 is 25.8. The summed E-state index contributed by atoms with van der Waals surface area (Å²) in [6, 6.07) is 29.9. The summed E-state index contributed by atoms with van der Waals surface area (Å²) in [4.78, 5) is 2.19. The van der Waals surface area contributed by atoms with Crippen LogP contribution in [0.3, 0.4) is 0 Å². The van der Waals surface area contributed by atoms with Crippen molar-refractivity contribution in [2.75, 3.05) is 13.1 Å². The molecule has 0 spiro atoms. The van der Waals surface area contributed by atoms with Crippen LogP contribution < -0.4 is 0 Å². The van der Waals surface area contributed by atoms with E-state index in [-0.39, 0.29) is 15.5 Å². The highest BCUT2D eigenvalue weighted by Gasteiger charge is 2.21. The SMILES string of the molecule is O=S(=O)(c1ccc(CCN(Cc2ccccc2)CC(O)c2cccc(Cl)c2)cc1)c1ccccc1O. The molecular weight excluding hydrogens is 494 g/mol. The minimum Gasteiger partial charge on any atom is -0.507 e. The lowest BCUT2D eigenvalue weighted by molar-refractivity contribution is 0.109. The second-order valence-electron chi connectivity index (χ2n) is 8.66. The molecule has 1 unspecified atom stereocenters. The lowest BCUT2D eigenvalue weighted by Crippen LogP contribution is -2.30. The Kier molecular flexibility index (Phi) is 8.44. The normalized spacial score (nSPS) is 12.5. The number of aliphatic hydroxyl groups excluding tert-OH is 1. The number of phenolic OH excluding ortho intramolecular Hbond substituents is 1. The topological polar surface area (TPSA) is 77.8 Å². The third-order valence-electron chi connectivity index (χ3n) is 6.02. The van der Waals surface area contributed by atoms with Gasteiger partial charge in [-0.3, -0.25) is 4.90 Å². The minimum atomic E-state index is -3.81. The van der Waals surface area contributed by atoms with E-state index in [1.807, 2.05) is 30.3 Å². The number of halogens is 1. The monoisotopic (exact) mass is 521 g/mol. The van der Waals surface area contributed by atoms with Gasteiger partial charge in [0, 0.05) is 24.7 Å². The van der Waals surface area contributed by atoms with Crippen molar-refractivity contribution in [3.8, 4) is 5.75 Å². The highest BCUT2D eigenvalue weighted by atomic mass is 35.5. The first-order valence-electron chi connectivity index (χ1n) is 11.6. The van der Waals surface area contributed by atoms with E-state index in [9.17, 15) is 18.6 Å². The van der Waals surface area contributed by atoms with Crippen LogP contribution in [0, 0.1) is 0 Å². The van der Waals surface area contributed by atoms with Gasteiger partial charge in [0.05, 0.1) is 11.0 Å². The molecule has 4 rings (SSSR count). The summed E-state index contributed by atoms with van der Waals surface area (Å²) in [6.45, 7) is 1.76. The fourth-order valence-corrected chi connectivity index (χ4v) is 5.62. The summed E-state index contributed by atoms with van der Waals surface area (Å²) in [7, 11) is -3.81. The number of aromatic hydroxyl groups is 1. The van der Waals surface area contributed by atoms with Crippen LogP contribution in [0.4, 0.5) is 0 Å². The van der Waals surface area contributed by atoms with E-state index in [0.29, 0.717) is 31.1 Å². The van der Waals surface area contributed by atoms with Crippen molar-refractivity contribution in [2.24, 2.45) is 0 Å². The van der Waals surface area contributed by atoms with Gasteiger partial charge in [-0.1, -0.05) is 78.3 Å². The Labute approximate surface area is 217 Å². The van der Waals surface area contributed by atoms with Gasteiger partial charge in [0.25, 0.3) is 0 Å². The number of hydrogen-bond acceptors (Lipinski definition) is 5. The maximum Gasteiger partial charge on any atom is 0.210 e. The third-order valence-corrected chi connectivity index (χ3v) is 8.07. The van der Waals surface area contributed by atoms with Crippen molar-refractivity contribution < 1.29 is 18.6 Å². The fraction of sp³-hybridized carbons (Fsp3) is 0.172. The average molecular weight is 522 g/mol. The van der Waals surface area contributed by atoms with Gasteiger partial charge in [-0.05, 0) is 59.5 Å². The first kappa shape index (κ1) is 25.9. The van der Waals surface area contributed by atoms with Crippen LogP contribution >= 0.6 is 11.6 Å². The standard InChI is InChI=1S/C29H28ClNO4S/c30-25-10-6-9-24(19-25)28(33)21-31(20-23-7-2-1-3-8-23)18-17-22-13-15-26(16-14-22)36(34,35)29-12-5-4-11-27(29)32/h1-16,19,28,32-33H,17-18,20-21H2. The zero-order valence-electron chi connectivity index (χ0n) is 19.7. The molecule has 0 fully saturated rings. The summed E-state index contributed by atoms with van der Waals surface area (Å²) in [5, 5.41) is 21.4. The van der Waals surface area contributed by atoms with E-state index in [0.717, 1.165) is 16.7 Å². The van der Waals surface area contributed by atoms with Crippen LogP contribution in [-0.4, -0.2) is 36.6 Å². The van der Waals surface area contributed by atoms with Crippen molar-refractivity contribution in [2.45, 2.75) is 28.9 Å². The lowest BCUT2D eigenvalue weighted by atomic mass is 10.1. The first-order valence-corrected chi connectivity index (χ1v) is 13.5. The van der Waals surface area contributed by atoms with Crippen LogP contribution in [0.5, 0.6) is 5.75 Å². The number of hydrogen-bond donors (Lipinski definition) is 2. The summed E-state index contributed by atoms with van der Waals surface area (Å²) in [6.07, 6.45) is -0.0232. The average Bonchev–Trinajstić information content (AvgIpc) is 2.88. The third kappa shape index (κ3) is 6.53. The molecule has 2 N–H and O–H groups in total. The maximum absolute atomic E-state index is 12.9. The first-order chi connectivity index (χ1) is 17.3. The number of para-hydroxylation sites is 1. The molecule has 7 heteroatoms. The molecule has 0 saturated carbocycles. The van der Waals surface area contributed by atoms with Crippen LogP contribution in [0.1, 0.15) is 22.8 Å². The zero-order chi connectivity index (χ0) is 25.5. The fourth-order valence-electron chi connectivity index (χ4n) is 4.07. The van der Waals surface area contributed by atoms with Gasteiger partial charge >= 0.3 is 0 Å². The van der Waals surface area contributed by atoms with Gasteiger partial charge in [-0.2, -0.15) is 0 Å². The predicted molar refractivity (Wildman–Crippen MR) is 142 cm³/mol. The van der Waals surface area contributed by atoms with Gasteiger partial charge in [-0.25, -0.2) is 8.42 Å². The molecule has 0 saturated heterocycles. The molecule has 4 aromatic rings. The van der Waals surface area contributed by atoms with Crippen molar-refractivity contribution >= 4 is 21.4 Å². The number of phenols is 1. The number of rotatable bonds is 10. The second kappa shape index (κ2) is 11.7. The molecule has 0 aliphatic heterocycles. The Bertz CT molecular complexity index is 1390. The van der Waals surface area contributed by atoms with Gasteiger partial charge in [0.15, 0.2) is 0 Å². The van der Waals surface area contributed by atoms with E-state index in [4.69, 9.17) is 11.6 Å². The van der Waals surface area contributed by atoms with Gasteiger partial charge in [0.1, 0.15) is 10.6 Å². The van der Waals surface area contributed by atoms with Crippen LogP contribution in [-0.2, 0) is 22.8 Å². The molecule has 186 valence electrons. The molecular formula is C29H28ClNO4S. The van der Waals surface area contributed by atoms with Gasteiger partial charge in [0.2, 0.25) is 9.84 Å². The quantitative estimate of drug-likeness (QED) is 0.282. The van der Waals surface area contributed by atoms with Crippen molar-refractivity contribution in [1.29, 1.82) is 0 Å². The summed E-state index contributed by atoms with van der Waals surface area (Å²) in [5.74, 6) is -0.267. The molecule has 0 aromatic heterocycles. The molecule has 4 aromatic carbocycles. The molecule has 1 atom stereocenters. The van der Waals surface area contributed by atoms with Crippen molar-refractivity contribution in [3.05, 3.63) is 125 Å². The Morgan fingerprint density at radius 2 is 1.50 bits per heavy atom. The lowest BCUT2D eigenvalue weighted by Gasteiger charge is -2.25.